The van der Waals surface area contributed by atoms with E-state index < -0.39 is 15.8 Å². The molecule has 0 saturated heterocycles. The minimum Gasteiger partial charge on any atom is -0.398 e. The largest absolute Gasteiger partial charge is 0.398 e. The van der Waals surface area contributed by atoms with E-state index in [1.54, 1.807) is 7.05 Å². The zero-order chi connectivity index (χ0) is 13.3. The Bertz CT molecular complexity index is 681. The number of hydrogen-bond donors (Lipinski definition) is 2. The monoisotopic (exact) mass is 270 g/mol. The van der Waals surface area contributed by atoms with Gasteiger partial charge in [0.1, 0.15) is 10.7 Å². The molecule has 1 heterocycles. The van der Waals surface area contributed by atoms with Crippen LogP contribution in [0, 0.1) is 5.82 Å². The van der Waals surface area contributed by atoms with E-state index in [2.05, 4.69) is 9.82 Å². The SMILES string of the molecule is Cn1cc(NS(=O)(=O)c2cc(F)ccc2N)cn1. The van der Waals surface area contributed by atoms with Crippen molar-refractivity contribution in [3.8, 4) is 0 Å². The molecule has 0 saturated carbocycles. The molecule has 1 aromatic heterocycles. The molecular weight excluding hydrogens is 259 g/mol. The quantitative estimate of drug-likeness (QED) is 0.812. The Labute approximate surface area is 103 Å². The number of nitrogen functional groups attached to an aromatic ring is 1. The summed E-state index contributed by atoms with van der Waals surface area (Å²) >= 11 is 0. The Morgan fingerprint density at radius 2 is 2.17 bits per heavy atom. The van der Waals surface area contributed by atoms with Gasteiger partial charge in [-0.05, 0) is 18.2 Å². The standard InChI is InChI=1S/C10H11FN4O2S/c1-15-6-8(5-13-15)14-18(16,17)10-4-7(11)2-3-9(10)12/h2-6,14H,12H2,1H3. The number of nitrogens with two attached hydrogens (primary N) is 1. The molecule has 96 valence electrons. The van der Waals surface area contributed by atoms with Crippen LogP contribution in [0.1, 0.15) is 0 Å². The average Bonchev–Trinajstić information content (AvgIpc) is 2.66. The fourth-order valence-corrected chi connectivity index (χ4v) is 2.60. The van der Waals surface area contributed by atoms with Crippen molar-refractivity contribution in [2.24, 2.45) is 7.05 Å². The number of hydrogen-bond acceptors (Lipinski definition) is 4. The van der Waals surface area contributed by atoms with Gasteiger partial charge in [0, 0.05) is 13.2 Å². The van der Waals surface area contributed by atoms with E-state index in [9.17, 15) is 12.8 Å². The van der Waals surface area contributed by atoms with Crippen molar-refractivity contribution in [2.75, 3.05) is 10.5 Å². The fourth-order valence-electron chi connectivity index (χ4n) is 1.42. The smallest absolute Gasteiger partial charge is 0.264 e. The lowest BCUT2D eigenvalue weighted by atomic mass is 10.3. The molecule has 0 aliphatic rings. The molecule has 0 fully saturated rings. The molecule has 0 atom stereocenters. The highest BCUT2D eigenvalue weighted by atomic mass is 32.2. The molecule has 0 amide bonds. The molecule has 0 aliphatic carbocycles. The minimum absolute atomic E-state index is 0.0206. The molecule has 0 aliphatic heterocycles. The first-order chi connectivity index (χ1) is 8.38. The maximum absolute atomic E-state index is 13.1. The van der Waals surface area contributed by atoms with Crippen LogP contribution < -0.4 is 10.5 Å². The van der Waals surface area contributed by atoms with Gasteiger partial charge in [0.25, 0.3) is 10.0 Å². The van der Waals surface area contributed by atoms with E-state index in [1.165, 1.54) is 23.1 Å². The van der Waals surface area contributed by atoms with Crippen molar-refractivity contribution >= 4 is 21.4 Å². The van der Waals surface area contributed by atoms with E-state index in [0.29, 0.717) is 0 Å². The summed E-state index contributed by atoms with van der Waals surface area (Å²) < 4.78 is 40.7. The second-order valence-corrected chi connectivity index (χ2v) is 5.34. The number of nitrogens with one attached hydrogen (secondary N) is 1. The first-order valence-electron chi connectivity index (χ1n) is 4.95. The average molecular weight is 270 g/mol. The molecule has 8 heteroatoms. The Morgan fingerprint density at radius 3 is 2.78 bits per heavy atom. The van der Waals surface area contributed by atoms with Gasteiger partial charge in [0.2, 0.25) is 0 Å². The lowest BCUT2D eigenvalue weighted by molar-refractivity contribution is 0.596. The van der Waals surface area contributed by atoms with Gasteiger partial charge in [0.15, 0.2) is 0 Å². The fraction of sp³-hybridized carbons (Fsp3) is 0.100. The van der Waals surface area contributed by atoms with E-state index >= 15 is 0 Å². The first-order valence-corrected chi connectivity index (χ1v) is 6.43. The maximum atomic E-state index is 13.1. The van der Waals surface area contributed by atoms with Crippen LogP contribution in [0.2, 0.25) is 0 Å². The summed E-state index contributed by atoms with van der Waals surface area (Å²) in [5, 5.41) is 3.82. The summed E-state index contributed by atoms with van der Waals surface area (Å²) in [6.07, 6.45) is 2.82. The van der Waals surface area contributed by atoms with E-state index in [-0.39, 0.29) is 16.3 Å². The van der Waals surface area contributed by atoms with Crippen LogP contribution in [-0.4, -0.2) is 18.2 Å². The summed E-state index contributed by atoms with van der Waals surface area (Å²) in [7, 11) is -2.27. The molecule has 2 rings (SSSR count). The number of aromatic nitrogens is 2. The molecule has 3 N–H and O–H groups in total. The Hall–Kier alpha value is -2.09. The molecule has 18 heavy (non-hydrogen) atoms. The van der Waals surface area contributed by atoms with Gasteiger partial charge in [0.05, 0.1) is 17.6 Å². The molecule has 0 unspecified atom stereocenters. The van der Waals surface area contributed by atoms with Crippen LogP contribution >= 0.6 is 0 Å². The summed E-state index contributed by atoms with van der Waals surface area (Å²) in [5.41, 5.74) is 5.79. The number of halogens is 1. The summed E-state index contributed by atoms with van der Waals surface area (Å²) in [6, 6.07) is 3.17. The Balaban J connectivity index is 2.39. The first kappa shape index (κ1) is 12.4. The highest BCUT2D eigenvalue weighted by molar-refractivity contribution is 7.92. The predicted molar refractivity (Wildman–Crippen MR) is 64.8 cm³/mol. The van der Waals surface area contributed by atoms with E-state index in [4.69, 9.17) is 5.73 Å². The lowest BCUT2D eigenvalue weighted by Gasteiger charge is -2.08. The van der Waals surface area contributed by atoms with Crippen molar-refractivity contribution in [2.45, 2.75) is 4.90 Å². The van der Waals surface area contributed by atoms with Crippen LogP contribution in [0.25, 0.3) is 0 Å². The van der Waals surface area contributed by atoms with Crippen molar-refractivity contribution in [3.05, 3.63) is 36.4 Å². The number of sulfonamides is 1. The molecule has 0 spiro atoms. The van der Waals surface area contributed by atoms with Crippen LogP contribution in [0.5, 0.6) is 0 Å². The molecule has 6 nitrogen and oxygen atoms in total. The Kier molecular flexibility index (Phi) is 2.95. The van der Waals surface area contributed by atoms with Gasteiger partial charge in [-0.15, -0.1) is 0 Å². The minimum atomic E-state index is -3.92. The number of benzene rings is 1. The van der Waals surface area contributed by atoms with Gasteiger partial charge >= 0.3 is 0 Å². The third-order valence-electron chi connectivity index (χ3n) is 2.22. The highest BCUT2D eigenvalue weighted by Crippen LogP contribution is 2.22. The van der Waals surface area contributed by atoms with Crippen LogP contribution in [0.15, 0.2) is 35.5 Å². The summed E-state index contributed by atoms with van der Waals surface area (Å²) in [5.74, 6) is -0.671. The van der Waals surface area contributed by atoms with Gasteiger partial charge in [-0.2, -0.15) is 5.10 Å². The van der Waals surface area contributed by atoms with E-state index in [1.807, 2.05) is 0 Å². The van der Waals surface area contributed by atoms with Crippen molar-refractivity contribution < 1.29 is 12.8 Å². The van der Waals surface area contributed by atoms with Crippen LogP contribution in [0.3, 0.4) is 0 Å². The summed E-state index contributed by atoms with van der Waals surface area (Å²) in [6.45, 7) is 0. The second-order valence-electron chi connectivity index (χ2n) is 3.69. The van der Waals surface area contributed by atoms with Gasteiger partial charge in [-0.25, -0.2) is 12.8 Å². The highest BCUT2D eigenvalue weighted by Gasteiger charge is 2.19. The number of rotatable bonds is 3. The third kappa shape index (κ3) is 2.43. The molecule has 0 bridgehead atoms. The Morgan fingerprint density at radius 1 is 1.44 bits per heavy atom. The zero-order valence-electron chi connectivity index (χ0n) is 9.46. The number of nitrogens with zero attached hydrogens (tertiary/aromatic N) is 2. The third-order valence-corrected chi connectivity index (χ3v) is 3.66. The van der Waals surface area contributed by atoms with Gasteiger partial charge < -0.3 is 5.73 Å². The number of aryl methyl sites for hydroxylation is 1. The lowest BCUT2D eigenvalue weighted by Crippen LogP contribution is -2.14. The van der Waals surface area contributed by atoms with Gasteiger partial charge in [-0.3, -0.25) is 9.40 Å². The number of anilines is 2. The maximum Gasteiger partial charge on any atom is 0.264 e. The predicted octanol–water partition coefficient (Wildman–Crippen LogP) is 0.942. The summed E-state index contributed by atoms with van der Waals surface area (Å²) in [4.78, 5) is -0.300. The topological polar surface area (TPSA) is 90.0 Å². The van der Waals surface area contributed by atoms with Crippen LogP contribution in [0.4, 0.5) is 15.8 Å². The van der Waals surface area contributed by atoms with Crippen molar-refractivity contribution in [1.82, 2.24) is 9.78 Å². The van der Waals surface area contributed by atoms with E-state index in [0.717, 1.165) is 12.1 Å². The molecule has 1 aromatic carbocycles. The molecule has 2 aromatic rings. The molecular formula is C10H11FN4O2S. The normalized spacial score (nSPS) is 11.4. The van der Waals surface area contributed by atoms with Crippen molar-refractivity contribution in [1.29, 1.82) is 0 Å². The zero-order valence-corrected chi connectivity index (χ0v) is 10.3. The van der Waals surface area contributed by atoms with Gasteiger partial charge in [-0.1, -0.05) is 0 Å². The van der Waals surface area contributed by atoms with Crippen molar-refractivity contribution in [3.63, 3.8) is 0 Å². The van der Waals surface area contributed by atoms with Crippen LogP contribution in [-0.2, 0) is 17.1 Å². The second kappa shape index (κ2) is 4.30. The molecule has 0 radical (unpaired) electrons.